The van der Waals surface area contributed by atoms with Crippen molar-refractivity contribution in [2.75, 3.05) is 0 Å². The van der Waals surface area contributed by atoms with Crippen molar-refractivity contribution >= 4 is 17.5 Å². The number of nitrogens with one attached hydrogen (secondary N) is 1. The molecule has 0 aliphatic carbocycles. The highest BCUT2D eigenvalue weighted by Crippen LogP contribution is 2.08. The van der Waals surface area contributed by atoms with E-state index in [2.05, 4.69) is 0 Å². The Hall–Kier alpha value is 0.184. The Kier molecular flexibility index (Phi) is 2.48. The highest BCUT2D eigenvalue weighted by Gasteiger charge is 2.42. The molecule has 0 rings (SSSR count). The van der Waals surface area contributed by atoms with Gasteiger partial charge in [-0.15, -0.1) is 0 Å². The second-order valence-corrected chi connectivity index (χ2v) is 9.37. The summed E-state index contributed by atoms with van der Waals surface area (Å²) in [7, 11) is -7.59. The molecule has 0 heterocycles. The highest BCUT2D eigenvalue weighted by atomic mass is 28.5. The molecule has 0 radical (unpaired) electrons. The largest absolute Gasteiger partial charge is 0.709 e. The van der Waals surface area contributed by atoms with Gasteiger partial charge in [-0.3, -0.25) is 4.65 Å². The third-order valence-electron chi connectivity index (χ3n) is 0.517. The van der Waals surface area contributed by atoms with Gasteiger partial charge in [0.1, 0.15) is 8.24 Å². The lowest BCUT2D eigenvalue weighted by atomic mass is 11.8. The van der Waals surface area contributed by atoms with E-state index in [1.807, 2.05) is 0 Å². The minimum atomic E-state index is -5.48. The van der Waals surface area contributed by atoms with E-state index in [-0.39, 0.29) is 0 Å². The molecule has 0 saturated heterocycles. The van der Waals surface area contributed by atoms with Crippen molar-refractivity contribution in [3.8, 4) is 0 Å². The summed E-state index contributed by atoms with van der Waals surface area (Å²) in [6, 6.07) is 0. The minimum absolute atomic E-state index is 1.63. The summed E-state index contributed by atoms with van der Waals surface area (Å²) in [5, 5.41) is 0. The summed E-state index contributed by atoms with van der Waals surface area (Å²) >= 11 is 0. The normalized spacial score (nSPS) is 14.0. The van der Waals surface area contributed by atoms with Gasteiger partial charge in [0, 0.05) is 0 Å². The Balaban J connectivity index is 3.75. The number of hydrogen-bond acceptors (Lipinski definition) is 1. The van der Waals surface area contributed by atoms with Crippen LogP contribution in [0.15, 0.2) is 0 Å². The fourth-order valence-electron chi connectivity index (χ4n) is 0.425. The third-order valence-corrected chi connectivity index (χ3v) is 4.65. The zero-order valence-corrected chi connectivity index (χ0v) is 7.63. The van der Waals surface area contributed by atoms with Crippen molar-refractivity contribution in [1.29, 1.82) is 0 Å². The molecular weight excluding hydrogens is 163 g/mol. The summed E-state index contributed by atoms with van der Waals surface area (Å²) in [6.45, 7) is 4.90. The number of hydrogen-bond donors (Lipinski definition) is 1. The van der Waals surface area contributed by atoms with Crippen LogP contribution in [-0.4, -0.2) is 17.5 Å². The van der Waals surface area contributed by atoms with Crippen molar-refractivity contribution in [2.24, 2.45) is 0 Å². The van der Waals surface area contributed by atoms with Gasteiger partial charge in [0.2, 0.25) is 0 Å². The first-order chi connectivity index (χ1) is 3.71. The van der Waals surface area contributed by atoms with E-state index >= 15 is 0 Å². The van der Waals surface area contributed by atoms with Crippen molar-refractivity contribution < 1.29 is 12.3 Å². The van der Waals surface area contributed by atoms with Crippen LogP contribution in [0.4, 0.5) is 12.3 Å². The molecule has 0 aromatic heterocycles. The monoisotopic (exact) mass is 173 g/mol. The molecule has 0 unspecified atom stereocenters. The maximum Gasteiger partial charge on any atom is 0.709 e. The molecule has 0 spiro atoms. The van der Waals surface area contributed by atoms with Crippen LogP contribution in [0.5, 0.6) is 0 Å². The molecule has 0 aliphatic heterocycles. The van der Waals surface area contributed by atoms with Crippen LogP contribution in [0.25, 0.3) is 0 Å². The SMILES string of the molecule is C[Si](C)(C)N[Si](F)(F)F. The van der Waals surface area contributed by atoms with Crippen molar-refractivity contribution in [2.45, 2.75) is 19.6 Å². The zero-order chi connectivity index (χ0) is 7.71. The van der Waals surface area contributed by atoms with Crippen LogP contribution in [0.3, 0.4) is 0 Å². The Morgan fingerprint density at radius 2 is 1.33 bits per heavy atom. The highest BCUT2D eigenvalue weighted by molar-refractivity contribution is 6.83. The summed E-state index contributed by atoms with van der Waals surface area (Å²) < 4.78 is 36.6. The van der Waals surface area contributed by atoms with Crippen molar-refractivity contribution in [3.05, 3.63) is 0 Å². The van der Waals surface area contributed by atoms with Gasteiger partial charge in [-0.2, -0.15) is 0 Å². The molecule has 0 aliphatic rings. The average Bonchev–Trinajstić information content (AvgIpc) is 1.14. The summed E-state index contributed by atoms with van der Waals surface area (Å²) in [5.41, 5.74) is 0. The fourth-order valence-corrected chi connectivity index (χ4v) is 3.83. The Morgan fingerprint density at radius 1 is 1.00 bits per heavy atom. The Bertz CT molecular complexity index is 82.2. The Morgan fingerprint density at radius 3 is 1.33 bits per heavy atom. The summed E-state index contributed by atoms with van der Waals surface area (Å²) in [6.07, 6.45) is 0. The van der Waals surface area contributed by atoms with Gasteiger partial charge < -0.3 is 0 Å². The van der Waals surface area contributed by atoms with Gasteiger partial charge in [0.15, 0.2) is 0 Å². The molecular formula is C3H10F3NSi2. The maximum atomic E-state index is 11.6. The third kappa shape index (κ3) is 8.18. The second kappa shape index (κ2) is 2.43. The predicted octanol–water partition coefficient (Wildman–Crippen LogP) is 1.75. The lowest BCUT2D eigenvalue weighted by molar-refractivity contribution is 0.460. The molecule has 0 fully saturated rings. The van der Waals surface area contributed by atoms with Crippen LogP contribution in [0.2, 0.25) is 19.6 Å². The molecule has 0 aromatic rings. The number of rotatable bonds is 2. The predicted molar refractivity (Wildman–Crippen MR) is 35.6 cm³/mol. The lowest BCUT2D eigenvalue weighted by Gasteiger charge is -2.17. The molecule has 6 heteroatoms. The smallest absolute Gasteiger partial charge is 0.281 e. The van der Waals surface area contributed by atoms with Crippen LogP contribution >= 0.6 is 0 Å². The van der Waals surface area contributed by atoms with E-state index in [1.165, 1.54) is 0 Å². The molecule has 0 atom stereocenters. The first-order valence-corrected chi connectivity index (χ1v) is 7.70. The molecule has 0 aromatic carbocycles. The summed E-state index contributed by atoms with van der Waals surface area (Å²) in [4.78, 5) is 0. The zero-order valence-electron chi connectivity index (χ0n) is 5.63. The molecule has 0 bridgehead atoms. The van der Waals surface area contributed by atoms with Crippen LogP contribution < -0.4 is 4.65 Å². The van der Waals surface area contributed by atoms with Gasteiger partial charge in [0.25, 0.3) is 0 Å². The van der Waals surface area contributed by atoms with Crippen LogP contribution in [-0.2, 0) is 0 Å². The van der Waals surface area contributed by atoms with E-state index < -0.39 is 17.5 Å². The van der Waals surface area contributed by atoms with E-state index in [0.29, 0.717) is 0 Å². The first kappa shape index (κ1) is 9.18. The molecule has 0 amide bonds. The van der Waals surface area contributed by atoms with Crippen LogP contribution in [0.1, 0.15) is 0 Å². The molecule has 1 N–H and O–H groups in total. The van der Waals surface area contributed by atoms with E-state index in [9.17, 15) is 12.3 Å². The fraction of sp³-hybridized carbons (Fsp3) is 1.00. The molecule has 9 heavy (non-hydrogen) atoms. The maximum absolute atomic E-state index is 11.6. The van der Waals surface area contributed by atoms with Gasteiger partial charge in [-0.05, 0) is 0 Å². The average molecular weight is 173 g/mol. The quantitative estimate of drug-likeness (QED) is 0.495. The first-order valence-electron chi connectivity index (χ1n) is 2.57. The number of halogens is 3. The van der Waals surface area contributed by atoms with Gasteiger partial charge in [-0.25, -0.2) is 12.3 Å². The van der Waals surface area contributed by atoms with E-state index in [0.717, 1.165) is 0 Å². The Labute approximate surface area is 55.0 Å². The standard InChI is InChI=1S/C3H10F3NSi2/c1-8(2,3)7-9(4,5)6/h7H,1-3H3. The van der Waals surface area contributed by atoms with Crippen molar-refractivity contribution in [3.63, 3.8) is 0 Å². The minimum Gasteiger partial charge on any atom is -0.281 e. The second-order valence-electron chi connectivity index (χ2n) is 2.87. The van der Waals surface area contributed by atoms with E-state index in [4.69, 9.17) is 0 Å². The summed E-state index contributed by atoms with van der Waals surface area (Å²) in [5.74, 6) is 0. The van der Waals surface area contributed by atoms with Gasteiger partial charge in [0.05, 0.1) is 0 Å². The van der Waals surface area contributed by atoms with E-state index in [1.54, 1.807) is 24.3 Å². The van der Waals surface area contributed by atoms with Gasteiger partial charge in [-0.1, -0.05) is 19.6 Å². The van der Waals surface area contributed by atoms with Crippen molar-refractivity contribution in [1.82, 2.24) is 4.65 Å². The van der Waals surface area contributed by atoms with Gasteiger partial charge >= 0.3 is 9.24 Å². The topological polar surface area (TPSA) is 12.0 Å². The molecule has 1 nitrogen and oxygen atoms in total. The van der Waals surface area contributed by atoms with Crippen LogP contribution in [0, 0.1) is 0 Å². The lowest BCUT2D eigenvalue weighted by Crippen LogP contribution is -2.53. The molecule has 0 saturated carbocycles. The molecule has 56 valence electrons.